The van der Waals surface area contributed by atoms with E-state index in [1.807, 2.05) is 0 Å². The fourth-order valence-corrected chi connectivity index (χ4v) is 1.54. The normalized spacial score (nSPS) is 11.4. The molecular formula is C12H8ClF3N2O. The van der Waals surface area contributed by atoms with E-state index in [-0.39, 0.29) is 16.7 Å². The summed E-state index contributed by atoms with van der Waals surface area (Å²) in [5.41, 5.74) is 5.06. The predicted molar refractivity (Wildman–Crippen MR) is 65.2 cm³/mol. The Balaban J connectivity index is 2.24. The Morgan fingerprint density at radius 3 is 2.42 bits per heavy atom. The monoisotopic (exact) mass is 288 g/mol. The molecule has 0 aliphatic rings. The number of pyridine rings is 1. The number of aromatic nitrogens is 1. The maximum Gasteiger partial charge on any atom is 0.416 e. The average molecular weight is 289 g/mol. The van der Waals surface area contributed by atoms with Gasteiger partial charge in [0.25, 0.3) is 0 Å². The van der Waals surface area contributed by atoms with E-state index in [1.54, 1.807) is 6.07 Å². The maximum atomic E-state index is 12.4. The topological polar surface area (TPSA) is 48.1 Å². The lowest BCUT2D eigenvalue weighted by Gasteiger charge is -2.10. The molecule has 0 aliphatic heterocycles. The van der Waals surface area contributed by atoms with Crippen molar-refractivity contribution in [1.82, 2.24) is 4.98 Å². The van der Waals surface area contributed by atoms with Crippen molar-refractivity contribution in [3.8, 4) is 11.6 Å². The minimum Gasteiger partial charge on any atom is -0.437 e. The van der Waals surface area contributed by atoms with Crippen molar-refractivity contribution in [2.24, 2.45) is 0 Å². The van der Waals surface area contributed by atoms with Crippen LogP contribution in [0, 0.1) is 0 Å². The number of alkyl halides is 3. The third-order valence-electron chi connectivity index (χ3n) is 2.23. The highest BCUT2D eigenvalue weighted by atomic mass is 35.5. The van der Waals surface area contributed by atoms with Gasteiger partial charge in [-0.2, -0.15) is 13.2 Å². The lowest BCUT2D eigenvalue weighted by atomic mass is 10.2. The van der Waals surface area contributed by atoms with E-state index < -0.39 is 11.7 Å². The number of halogens is 4. The minimum absolute atomic E-state index is 0.0898. The third-order valence-corrected chi connectivity index (χ3v) is 2.53. The van der Waals surface area contributed by atoms with Crippen LogP contribution in [0.1, 0.15) is 5.56 Å². The van der Waals surface area contributed by atoms with Gasteiger partial charge in [-0.25, -0.2) is 4.98 Å². The number of rotatable bonds is 2. The van der Waals surface area contributed by atoms with E-state index in [2.05, 4.69) is 4.98 Å². The van der Waals surface area contributed by atoms with Crippen molar-refractivity contribution in [2.75, 3.05) is 5.73 Å². The molecule has 0 saturated heterocycles. The molecule has 1 aromatic heterocycles. The summed E-state index contributed by atoms with van der Waals surface area (Å²) in [6.45, 7) is 0. The van der Waals surface area contributed by atoms with Crippen LogP contribution in [0.4, 0.5) is 18.9 Å². The van der Waals surface area contributed by atoms with Crippen LogP contribution in [0.15, 0.2) is 36.5 Å². The second-order valence-corrected chi connectivity index (χ2v) is 4.08. The van der Waals surface area contributed by atoms with E-state index in [0.29, 0.717) is 5.69 Å². The number of nitrogen functional groups attached to an aromatic ring is 1. The highest BCUT2D eigenvalue weighted by molar-refractivity contribution is 6.32. The number of ether oxygens (including phenoxy) is 1. The number of nitrogens with two attached hydrogens (primary N) is 1. The molecule has 0 saturated carbocycles. The van der Waals surface area contributed by atoms with Gasteiger partial charge in [-0.1, -0.05) is 11.6 Å². The molecule has 0 atom stereocenters. The van der Waals surface area contributed by atoms with Crippen molar-refractivity contribution in [2.45, 2.75) is 6.18 Å². The van der Waals surface area contributed by atoms with Crippen LogP contribution in [0.2, 0.25) is 5.02 Å². The second kappa shape index (κ2) is 4.97. The highest BCUT2D eigenvalue weighted by Crippen LogP contribution is 2.36. The number of benzene rings is 1. The molecule has 2 aromatic rings. The van der Waals surface area contributed by atoms with Gasteiger partial charge in [-0.3, -0.25) is 0 Å². The Bertz CT molecular complexity index is 585. The molecule has 0 aliphatic carbocycles. The van der Waals surface area contributed by atoms with Gasteiger partial charge in [0, 0.05) is 6.07 Å². The first-order chi connectivity index (χ1) is 8.86. The Morgan fingerprint density at radius 1 is 1.16 bits per heavy atom. The first-order valence-corrected chi connectivity index (χ1v) is 5.50. The Morgan fingerprint density at radius 2 is 1.89 bits per heavy atom. The molecule has 0 unspecified atom stereocenters. The largest absolute Gasteiger partial charge is 0.437 e. The lowest BCUT2D eigenvalue weighted by molar-refractivity contribution is -0.137. The molecule has 7 heteroatoms. The van der Waals surface area contributed by atoms with Gasteiger partial charge in [0.2, 0.25) is 5.88 Å². The van der Waals surface area contributed by atoms with Gasteiger partial charge in [0.05, 0.1) is 22.5 Å². The fraction of sp³-hybridized carbons (Fsp3) is 0.0833. The summed E-state index contributed by atoms with van der Waals surface area (Å²) in [6, 6.07) is 5.87. The molecule has 19 heavy (non-hydrogen) atoms. The van der Waals surface area contributed by atoms with Gasteiger partial charge >= 0.3 is 6.18 Å². The van der Waals surface area contributed by atoms with Gasteiger partial charge in [0.15, 0.2) is 0 Å². The van der Waals surface area contributed by atoms with E-state index in [9.17, 15) is 13.2 Å². The minimum atomic E-state index is -4.44. The Kier molecular flexibility index (Phi) is 3.53. The van der Waals surface area contributed by atoms with E-state index in [4.69, 9.17) is 22.1 Å². The Hall–Kier alpha value is -1.95. The molecule has 0 amide bonds. The first kappa shape index (κ1) is 13.5. The number of hydrogen-bond acceptors (Lipinski definition) is 3. The van der Waals surface area contributed by atoms with Crippen molar-refractivity contribution in [1.29, 1.82) is 0 Å². The van der Waals surface area contributed by atoms with Gasteiger partial charge in [0.1, 0.15) is 5.75 Å². The van der Waals surface area contributed by atoms with Crippen LogP contribution in [-0.4, -0.2) is 4.98 Å². The zero-order valence-electron chi connectivity index (χ0n) is 9.41. The number of anilines is 1. The third kappa shape index (κ3) is 3.29. The molecular weight excluding hydrogens is 281 g/mol. The highest BCUT2D eigenvalue weighted by Gasteiger charge is 2.31. The van der Waals surface area contributed by atoms with Crippen LogP contribution in [-0.2, 0) is 6.18 Å². The summed E-state index contributed by atoms with van der Waals surface area (Å²) in [6.07, 6.45) is -3.07. The average Bonchev–Trinajstić information content (AvgIpc) is 2.33. The fourth-order valence-electron chi connectivity index (χ4n) is 1.32. The zero-order valence-corrected chi connectivity index (χ0v) is 10.2. The van der Waals surface area contributed by atoms with Crippen LogP contribution in [0.25, 0.3) is 0 Å². The number of nitrogens with zero attached hydrogens (tertiary/aromatic N) is 1. The molecule has 100 valence electrons. The SMILES string of the molecule is Nc1ccc(Oc2ccc(C(F)(F)F)cc2Cl)nc1. The van der Waals surface area contributed by atoms with Gasteiger partial charge in [-0.05, 0) is 24.3 Å². The summed E-state index contributed by atoms with van der Waals surface area (Å²) in [5.74, 6) is 0.280. The zero-order chi connectivity index (χ0) is 14.0. The molecule has 0 bridgehead atoms. The van der Waals surface area contributed by atoms with E-state index in [0.717, 1.165) is 18.2 Å². The lowest BCUT2D eigenvalue weighted by Crippen LogP contribution is -2.04. The van der Waals surface area contributed by atoms with Crippen LogP contribution < -0.4 is 10.5 Å². The standard InChI is InChI=1S/C12H8ClF3N2O/c13-9-5-7(12(14,15)16)1-3-10(9)19-11-4-2-8(17)6-18-11/h1-6H,17H2. The summed E-state index contributed by atoms with van der Waals surface area (Å²) in [7, 11) is 0. The van der Waals surface area contributed by atoms with Crippen molar-refractivity contribution >= 4 is 17.3 Å². The van der Waals surface area contributed by atoms with Crippen LogP contribution >= 0.6 is 11.6 Å². The summed E-state index contributed by atoms with van der Waals surface area (Å²) < 4.78 is 42.6. The molecule has 0 fully saturated rings. The second-order valence-electron chi connectivity index (χ2n) is 3.67. The molecule has 1 heterocycles. The predicted octanol–water partition coefficient (Wildman–Crippen LogP) is 4.13. The van der Waals surface area contributed by atoms with Crippen LogP contribution in [0.3, 0.4) is 0 Å². The smallest absolute Gasteiger partial charge is 0.416 e. The molecule has 0 spiro atoms. The summed E-state index contributed by atoms with van der Waals surface area (Å²) in [4.78, 5) is 3.86. The number of hydrogen-bond donors (Lipinski definition) is 1. The van der Waals surface area contributed by atoms with Crippen molar-refractivity contribution < 1.29 is 17.9 Å². The molecule has 2 rings (SSSR count). The maximum absolute atomic E-state index is 12.4. The molecule has 0 radical (unpaired) electrons. The first-order valence-electron chi connectivity index (χ1n) is 5.12. The van der Waals surface area contributed by atoms with Gasteiger partial charge in [-0.15, -0.1) is 0 Å². The van der Waals surface area contributed by atoms with Crippen molar-refractivity contribution in [3.63, 3.8) is 0 Å². The van der Waals surface area contributed by atoms with E-state index >= 15 is 0 Å². The molecule has 1 aromatic carbocycles. The quantitative estimate of drug-likeness (QED) is 0.904. The summed E-state index contributed by atoms with van der Waals surface area (Å²) in [5, 5.41) is -0.145. The molecule has 2 N–H and O–H groups in total. The Labute approximate surface area is 111 Å². The van der Waals surface area contributed by atoms with Crippen molar-refractivity contribution in [3.05, 3.63) is 47.1 Å². The molecule has 3 nitrogen and oxygen atoms in total. The van der Waals surface area contributed by atoms with E-state index in [1.165, 1.54) is 12.3 Å². The van der Waals surface area contributed by atoms with Gasteiger partial charge < -0.3 is 10.5 Å². The summed E-state index contributed by atoms with van der Waals surface area (Å²) >= 11 is 5.74. The van der Waals surface area contributed by atoms with Crippen LogP contribution in [0.5, 0.6) is 11.6 Å².